The summed E-state index contributed by atoms with van der Waals surface area (Å²) in [5.74, 6) is 0.960. The molecule has 0 radical (unpaired) electrons. The van der Waals surface area contributed by atoms with Crippen molar-refractivity contribution in [2.24, 2.45) is 0 Å². The Hall–Kier alpha value is -3.48. The molecule has 0 fully saturated rings. The van der Waals surface area contributed by atoms with Crippen LogP contribution in [0.4, 0.5) is 11.5 Å². The first-order valence-corrected chi connectivity index (χ1v) is 8.55. The highest BCUT2D eigenvalue weighted by molar-refractivity contribution is 6.03. The Morgan fingerprint density at radius 3 is 2.56 bits per heavy atom. The number of pyridine rings is 1. The largest absolute Gasteiger partial charge is 0.495 e. The SMILES string of the molecule is COc1ccccc1NC(=O)c1ccc(N(C)CCc2ccncc2)nn1. The molecule has 3 aromatic rings. The molecule has 0 unspecified atom stereocenters. The number of nitrogens with zero attached hydrogens (tertiary/aromatic N) is 4. The summed E-state index contributed by atoms with van der Waals surface area (Å²) in [7, 11) is 3.50. The van der Waals surface area contributed by atoms with Gasteiger partial charge < -0.3 is 15.0 Å². The second-order valence-electron chi connectivity index (χ2n) is 5.96. The summed E-state index contributed by atoms with van der Waals surface area (Å²) < 4.78 is 5.23. The molecule has 138 valence electrons. The summed E-state index contributed by atoms with van der Waals surface area (Å²) >= 11 is 0. The van der Waals surface area contributed by atoms with Crippen LogP contribution in [-0.4, -0.2) is 41.8 Å². The van der Waals surface area contributed by atoms with E-state index >= 15 is 0 Å². The Morgan fingerprint density at radius 2 is 1.85 bits per heavy atom. The van der Waals surface area contributed by atoms with Crippen molar-refractivity contribution in [3.05, 3.63) is 72.2 Å². The van der Waals surface area contributed by atoms with Gasteiger partial charge in [0.1, 0.15) is 5.75 Å². The molecular formula is C20H21N5O2. The van der Waals surface area contributed by atoms with Crippen molar-refractivity contribution < 1.29 is 9.53 Å². The van der Waals surface area contributed by atoms with Crippen molar-refractivity contribution in [1.82, 2.24) is 15.2 Å². The maximum atomic E-state index is 12.4. The Morgan fingerprint density at radius 1 is 1.07 bits per heavy atom. The van der Waals surface area contributed by atoms with Gasteiger partial charge in [-0.3, -0.25) is 9.78 Å². The van der Waals surface area contributed by atoms with Crippen LogP contribution >= 0.6 is 0 Å². The Bertz CT molecular complexity index is 884. The molecule has 0 aliphatic rings. The number of methoxy groups -OCH3 is 1. The van der Waals surface area contributed by atoms with Crippen LogP contribution in [0.5, 0.6) is 5.75 Å². The average Bonchev–Trinajstić information content (AvgIpc) is 2.73. The molecule has 2 aromatic heterocycles. The molecule has 2 heterocycles. The number of carbonyl (C=O) groups is 1. The quantitative estimate of drug-likeness (QED) is 0.695. The third kappa shape index (κ3) is 4.78. The van der Waals surface area contributed by atoms with E-state index in [1.54, 1.807) is 43.8 Å². The molecular weight excluding hydrogens is 342 g/mol. The summed E-state index contributed by atoms with van der Waals surface area (Å²) in [4.78, 5) is 18.4. The molecule has 1 N–H and O–H groups in total. The van der Waals surface area contributed by atoms with E-state index in [4.69, 9.17) is 4.74 Å². The minimum absolute atomic E-state index is 0.243. The van der Waals surface area contributed by atoms with Crippen molar-refractivity contribution in [2.75, 3.05) is 30.9 Å². The molecule has 0 spiro atoms. The zero-order chi connectivity index (χ0) is 19.1. The normalized spacial score (nSPS) is 10.3. The molecule has 0 aliphatic carbocycles. The van der Waals surface area contributed by atoms with Gasteiger partial charge in [-0.05, 0) is 48.4 Å². The van der Waals surface area contributed by atoms with Gasteiger partial charge in [0.2, 0.25) is 0 Å². The van der Waals surface area contributed by atoms with E-state index in [9.17, 15) is 4.79 Å². The van der Waals surface area contributed by atoms with Crippen molar-refractivity contribution >= 4 is 17.4 Å². The van der Waals surface area contributed by atoms with E-state index in [1.807, 2.05) is 36.2 Å². The lowest BCUT2D eigenvalue weighted by molar-refractivity contribution is 0.102. The van der Waals surface area contributed by atoms with Gasteiger partial charge in [0.05, 0.1) is 12.8 Å². The molecule has 0 saturated carbocycles. The molecule has 0 aliphatic heterocycles. The lowest BCUT2D eigenvalue weighted by Crippen LogP contribution is -2.22. The topological polar surface area (TPSA) is 80.2 Å². The number of nitrogens with one attached hydrogen (secondary N) is 1. The number of likely N-dealkylation sites (N-methyl/N-ethyl adjacent to an activating group) is 1. The number of carbonyl (C=O) groups excluding carboxylic acids is 1. The van der Waals surface area contributed by atoms with E-state index in [2.05, 4.69) is 20.5 Å². The van der Waals surface area contributed by atoms with Crippen molar-refractivity contribution in [2.45, 2.75) is 6.42 Å². The number of anilines is 2. The van der Waals surface area contributed by atoms with Crippen LogP contribution in [-0.2, 0) is 6.42 Å². The number of hydrogen-bond acceptors (Lipinski definition) is 6. The highest BCUT2D eigenvalue weighted by atomic mass is 16.5. The van der Waals surface area contributed by atoms with Crippen LogP contribution in [0.3, 0.4) is 0 Å². The van der Waals surface area contributed by atoms with Crippen LogP contribution < -0.4 is 15.0 Å². The first-order chi connectivity index (χ1) is 13.2. The monoisotopic (exact) mass is 363 g/mol. The summed E-state index contributed by atoms with van der Waals surface area (Å²) in [5.41, 5.74) is 2.04. The van der Waals surface area contributed by atoms with Gasteiger partial charge in [0.25, 0.3) is 5.91 Å². The van der Waals surface area contributed by atoms with Gasteiger partial charge in [-0.2, -0.15) is 0 Å². The third-order valence-corrected chi connectivity index (χ3v) is 4.11. The fraction of sp³-hybridized carbons (Fsp3) is 0.200. The molecule has 0 bridgehead atoms. The fourth-order valence-electron chi connectivity index (χ4n) is 2.54. The van der Waals surface area contributed by atoms with Crippen molar-refractivity contribution in [3.63, 3.8) is 0 Å². The summed E-state index contributed by atoms with van der Waals surface area (Å²) in [5, 5.41) is 11.0. The van der Waals surface area contributed by atoms with E-state index in [0.29, 0.717) is 17.3 Å². The average molecular weight is 363 g/mol. The van der Waals surface area contributed by atoms with Crippen LogP contribution in [0.1, 0.15) is 16.1 Å². The highest BCUT2D eigenvalue weighted by Crippen LogP contribution is 2.23. The lowest BCUT2D eigenvalue weighted by atomic mass is 10.2. The lowest BCUT2D eigenvalue weighted by Gasteiger charge is -2.17. The number of ether oxygens (including phenoxy) is 1. The van der Waals surface area contributed by atoms with Gasteiger partial charge in [0, 0.05) is 26.0 Å². The van der Waals surface area contributed by atoms with E-state index in [0.717, 1.165) is 13.0 Å². The molecule has 7 heteroatoms. The smallest absolute Gasteiger partial charge is 0.276 e. The summed E-state index contributed by atoms with van der Waals surface area (Å²) in [6.07, 6.45) is 4.44. The second-order valence-corrected chi connectivity index (χ2v) is 5.96. The minimum Gasteiger partial charge on any atom is -0.495 e. The van der Waals surface area contributed by atoms with Gasteiger partial charge >= 0.3 is 0 Å². The molecule has 27 heavy (non-hydrogen) atoms. The number of benzene rings is 1. The first kappa shape index (κ1) is 18.3. The Labute approximate surface area is 158 Å². The predicted molar refractivity (Wildman–Crippen MR) is 104 cm³/mol. The van der Waals surface area contributed by atoms with Crippen LogP contribution in [0.25, 0.3) is 0 Å². The minimum atomic E-state index is -0.335. The van der Waals surface area contributed by atoms with E-state index in [-0.39, 0.29) is 11.6 Å². The van der Waals surface area contributed by atoms with Crippen molar-refractivity contribution in [3.8, 4) is 5.75 Å². The van der Waals surface area contributed by atoms with Crippen LogP contribution in [0.15, 0.2) is 60.9 Å². The number of aromatic nitrogens is 3. The van der Waals surface area contributed by atoms with Crippen LogP contribution in [0.2, 0.25) is 0 Å². The van der Waals surface area contributed by atoms with E-state index in [1.165, 1.54) is 5.56 Å². The number of rotatable bonds is 7. The zero-order valence-corrected chi connectivity index (χ0v) is 15.3. The second kappa shape index (κ2) is 8.75. The maximum absolute atomic E-state index is 12.4. The standard InChI is InChI=1S/C20H21N5O2/c1-25(14-11-15-9-12-21-13-10-15)19-8-7-17(23-24-19)20(26)22-16-5-3-4-6-18(16)27-2/h3-10,12-13H,11,14H2,1-2H3,(H,22,26). The third-order valence-electron chi connectivity index (χ3n) is 4.11. The maximum Gasteiger partial charge on any atom is 0.276 e. The molecule has 3 rings (SSSR count). The molecule has 1 aromatic carbocycles. The fourth-order valence-corrected chi connectivity index (χ4v) is 2.54. The summed E-state index contributed by atoms with van der Waals surface area (Å²) in [6, 6.07) is 14.6. The van der Waals surface area contributed by atoms with E-state index < -0.39 is 0 Å². The highest BCUT2D eigenvalue weighted by Gasteiger charge is 2.12. The van der Waals surface area contributed by atoms with Gasteiger partial charge in [0.15, 0.2) is 11.5 Å². The Kier molecular flexibility index (Phi) is 5.94. The number of hydrogen-bond donors (Lipinski definition) is 1. The van der Waals surface area contributed by atoms with Gasteiger partial charge in [-0.1, -0.05) is 12.1 Å². The molecule has 0 atom stereocenters. The molecule has 0 saturated heterocycles. The predicted octanol–water partition coefficient (Wildman–Crippen LogP) is 2.81. The summed E-state index contributed by atoms with van der Waals surface area (Å²) in [6.45, 7) is 0.783. The molecule has 7 nitrogen and oxygen atoms in total. The van der Waals surface area contributed by atoms with Crippen LogP contribution in [0, 0.1) is 0 Å². The van der Waals surface area contributed by atoms with Gasteiger partial charge in [-0.25, -0.2) is 0 Å². The number of para-hydroxylation sites is 2. The van der Waals surface area contributed by atoms with Gasteiger partial charge in [-0.15, -0.1) is 10.2 Å². The number of amides is 1. The zero-order valence-electron chi connectivity index (χ0n) is 15.3. The molecule has 1 amide bonds. The first-order valence-electron chi connectivity index (χ1n) is 8.55. The van der Waals surface area contributed by atoms with Crippen molar-refractivity contribution in [1.29, 1.82) is 0 Å². The Balaban J connectivity index is 1.61.